The first-order chi connectivity index (χ1) is 12.6. The van der Waals surface area contributed by atoms with Crippen LogP contribution in [0.3, 0.4) is 0 Å². The van der Waals surface area contributed by atoms with Crippen molar-refractivity contribution >= 4 is 29.1 Å². The summed E-state index contributed by atoms with van der Waals surface area (Å²) in [5.41, 5.74) is 1.01. The van der Waals surface area contributed by atoms with Gasteiger partial charge in [-0.25, -0.2) is 0 Å². The van der Waals surface area contributed by atoms with E-state index in [2.05, 4.69) is 5.32 Å². The van der Waals surface area contributed by atoms with Gasteiger partial charge in [-0.05, 0) is 17.0 Å². The molecule has 2 aliphatic heterocycles. The quantitative estimate of drug-likeness (QED) is 0.882. The monoisotopic (exact) mass is 369 g/mol. The molecule has 1 N–H and O–H groups in total. The van der Waals surface area contributed by atoms with Crippen LogP contribution < -0.4 is 5.32 Å². The predicted octanol–water partition coefficient (Wildman–Crippen LogP) is 1.14. The summed E-state index contributed by atoms with van der Waals surface area (Å²) >= 11 is 1.38. The summed E-state index contributed by atoms with van der Waals surface area (Å²) < 4.78 is 0. The molecule has 0 spiro atoms. The molecule has 2 saturated heterocycles. The van der Waals surface area contributed by atoms with Crippen LogP contribution in [0.2, 0.25) is 0 Å². The molecule has 7 heteroatoms. The van der Waals surface area contributed by atoms with E-state index < -0.39 is 12.1 Å². The summed E-state index contributed by atoms with van der Waals surface area (Å²) in [5.74, 6) is -0.331. The first-order valence-corrected chi connectivity index (χ1v) is 9.49. The van der Waals surface area contributed by atoms with Crippen molar-refractivity contribution in [3.8, 4) is 0 Å². The molecule has 3 amide bonds. The van der Waals surface area contributed by atoms with Gasteiger partial charge in [-0.1, -0.05) is 36.4 Å². The van der Waals surface area contributed by atoms with Gasteiger partial charge in [0.1, 0.15) is 12.1 Å². The maximum Gasteiger partial charge on any atom is 0.264 e. The van der Waals surface area contributed by atoms with Crippen LogP contribution in [0.5, 0.6) is 0 Å². The van der Waals surface area contributed by atoms with Crippen molar-refractivity contribution in [1.29, 1.82) is 0 Å². The zero-order valence-electron chi connectivity index (χ0n) is 14.1. The fourth-order valence-electron chi connectivity index (χ4n) is 3.53. The van der Waals surface area contributed by atoms with Crippen molar-refractivity contribution in [1.82, 2.24) is 15.1 Å². The van der Waals surface area contributed by atoms with Crippen LogP contribution in [0.15, 0.2) is 47.8 Å². The number of carbonyl (C=O) groups excluding carboxylic acids is 3. The summed E-state index contributed by atoms with van der Waals surface area (Å²) in [6.07, 6.45) is 0.479. The van der Waals surface area contributed by atoms with Crippen molar-refractivity contribution in [2.45, 2.75) is 18.5 Å². The maximum absolute atomic E-state index is 12.8. The van der Waals surface area contributed by atoms with E-state index in [4.69, 9.17) is 0 Å². The van der Waals surface area contributed by atoms with Crippen LogP contribution in [0.25, 0.3) is 0 Å². The van der Waals surface area contributed by atoms with Gasteiger partial charge in [-0.3, -0.25) is 14.4 Å². The molecule has 1 aromatic carbocycles. The average molecular weight is 369 g/mol. The van der Waals surface area contributed by atoms with E-state index in [1.54, 1.807) is 15.9 Å². The molecule has 26 heavy (non-hydrogen) atoms. The second-order valence-electron chi connectivity index (χ2n) is 6.53. The molecule has 134 valence electrons. The Hall–Kier alpha value is -2.67. The Morgan fingerprint density at radius 3 is 2.65 bits per heavy atom. The van der Waals surface area contributed by atoms with Crippen LogP contribution in [-0.2, 0) is 16.0 Å². The number of fused-ring (bicyclic) bond motifs is 1. The lowest BCUT2D eigenvalue weighted by molar-refractivity contribution is -0.152. The van der Waals surface area contributed by atoms with E-state index in [1.807, 2.05) is 41.8 Å². The number of benzene rings is 1. The van der Waals surface area contributed by atoms with Crippen molar-refractivity contribution < 1.29 is 14.4 Å². The van der Waals surface area contributed by atoms with Crippen molar-refractivity contribution in [2.75, 3.05) is 19.6 Å². The molecule has 2 fully saturated rings. The summed E-state index contributed by atoms with van der Waals surface area (Å²) in [7, 11) is 0. The highest BCUT2D eigenvalue weighted by Gasteiger charge is 2.44. The second kappa shape index (κ2) is 6.92. The Balaban J connectivity index is 1.46. The number of rotatable bonds is 3. The van der Waals surface area contributed by atoms with Gasteiger partial charge in [0, 0.05) is 19.5 Å². The van der Waals surface area contributed by atoms with Crippen LogP contribution in [0, 0.1) is 0 Å². The molecule has 0 unspecified atom stereocenters. The standard InChI is InChI=1S/C19H19N3O3S/c23-17-15-12-21(19(25)16-7-4-10-26-16)8-9-22(15)18(24)14(20-17)11-13-5-2-1-3-6-13/h1-7,10,14-15H,8-9,11-12H2,(H,20,23)/t14-,15-/m1/s1. The maximum atomic E-state index is 12.8. The Labute approximate surface area is 155 Å². The Bertz CT molecular complexity index is 822. The number of nitrogens with zero attached hydrogens (tertiary/aromatic N) is 2. The Kier molecular flexibility index (Phi) is 4.46. The van der Waals surface area contributed by atoms with Crippen LogP contribution in [0.1, 0.15) is 15.2 Å². The van der Waals surface area contributed by atoms with E-state index in [-0.39, 0.29) is 24.3 Å². The SMILES string of the molecule is O=C1N[C@H](Cc2ccccc2)C(=O)N2CCN(C(=O)c3cccs3)C[C@H]12. The molecule has 1 aromatic heterocycles. The lowest BCUT2D eigenvalue weighted by Crippen LogP contribution is -2.70. The second-order valence-corrected chi connectivity index (χ2v) is 7.47. The topological polar surface area (TPSA) is 69.7 Å². The lowest BCUT2D eigenvalue weighted by Gasteiger charge is -2.45. The van der Waals surface area contributed by atoms with Gasteiger partial charge in [0.25, 0.3) is 5.91 Å². The summed E-state index contributed by atoms with van der Waals surface area (Å²) in [4.78, 5) is 41.9. The van der Waals surface area contributed by atoms with Gasteiger partial charge in [-0.15, -0.1) is 11.3 Å². The van der Waals surface area contributed by atoms with Gasteiger partial charge in [0.05, 0.1) is 11.4 Å². The van der Waals surface area contributed by atoms with Crippen LogP contribution >= 0.6 is 11.3 Å². The normalized spacial score (nSPS) is 22.8. The molecular formula is C19H19N3O3S. The van der Waals surface area contributed by atoms with Crippen LogP contribution in [-0.4, -0.2) is 59.2 Å². The molecule has 0 bridgehead atoms. The minimum Gasteiger partial charge on any atom is -0.342 e. The average Bonchev–Trinajstić information content (AvgIpc) is 3.20. The van der Waals surface area contributed by atoms with Gasteiger partial charge in [0.15, 0.2) is 0 Å². The lowest BCUT2D eigenvalue weighted by atomic mass is 9.98. The Morgan fingerprint density at radius 2 is 1.92 bits per heavy atom. The highest BCUT2D eigenvalue weighted by Crippen LogP contribution is 2.21. The number of hydrogen-bond acceptors (Lipinski definition) is 4. The van der Waals surface area contributed by atoms with Gasteiger partial charge in [0.2, 0.25) is 11.8 Å². The molecule has 3 heterocycles. The summed E-state index contributed by atoms with van der Waals surface area (Å²) in [6, 6.07) is 12.1. The summed E-state index contributed by atoms with van der Waals surface area (Å²) in [5, 5.41) is 4.70. The fraction of sp³-hybridized carbons (Fsp3) is 0.316. The molecule has 4 rings (SSSR count). The molecule has 0 aliphatic carbocycles. The van der Waals surface area contributed by atoms with E-state index in [0.29, 0.717) is 24.4 Å². The number of amides is 3. The van der Waals surface area contributed by atoms with E-state index in [0.717, 1.165) is 5.56 Å². The number of nitrogens with one attached hydrogen (secondary N) is 1. The molecule has 0 saturated carbocycles. The van der Waals surface area contributed by atoms with Gasteiger partial charge < -0.3 is 15.1 Å². The van der Waals surface area contributed by atoms with E-state index in [1.165, 1.54) is 11.3 Å². The first-order valence-electron chi connectivity index (χ1n) is 8.61. The zero-order chi connectivity index (χ0) is 18.1. The molecular weight excluding hydrogens is 350 g/mol. The molecule has 0 radical (unpaired) electrons. The van der Waals surface area contributed by atoms with Crippen molar-refractivity contribution in [3.05, 3.63) is 58.3 Å². The largest absolute Gasteiger partial charge is 0.342 e. The van der Waals surface area contributed by atoms with Crippen molar-refractivity contribution in [2.24, 2.45) is 0 Å². The zero-order valence-corrected chi connectivity index (χ0v) is 14.9. The predicted molar refractivity (Wildman–Crippen MR) is 97.8 cm³/mol. The molecule has 2 aromatic rings. The third kappa shape index (κ3) is 3.10. The van der Waals surface area contributed by atoms with Gasteiger partial charge >= 0.3 is 0 Å². The minimum atomic E-state index is -0.604. The Morgan fingerprint density at radius 1 is 1.12 bits per heavy atom. The number of thiophene rings is 1. The van der Waals surface area contributed by atoms with E-state index >= 15 is 0 Å². The highest BCUT2D eigenvalue weighted by molar-refractivity contribution is 7.12. The van der Waals surface area contributed by atoms with Crippen molar-refractivity contribution in [3.63, 3.8) is 0 Å². The third-order valence-electron chi connectivity index (χ3n) is 4.88. The number of hydrogen-bond donors (Lipinski definition) is 1. The fourth-order valence-corrected chi connectivity index (χ4v) is 4.22. The van der Waals surface area contributed by atoms with Crippen LogP contribution in [0.4, 0.5) is 0 Å². The number of carbonyl (C=O) groups is 3. The highest BCUT2D eigenvalue weighted by atomic mass is 32.1. The molecule has 6 nitrogen and oxygen atoms in total. The van der Waals surface area contributed by atoms with Gasteiger partial charge in [-0.2, -0.15) is 0 Å². The smallest absolute Gasteiger partial charge is 0.264 e. The molecule has 2 atom stereocenters. The molecule has 2 aliphatic rings. The summed E-state index contributed by atoms with van der Waals surface area (Å²) in [6.45, 7) is 1.08. The minimum absolute atomic E-state index is 0.0679. The number of piperazine rings is 2. The third-order valence-corrected chi connectivity index (χ3v) is 5.74. The first kappa shape index (κ1) is 16.8. The van der Waals surface area contributed by atoms with E-state index in [9.17, 15) is 14.4 Å².